The Hall–Kier alpha value is -0.240. The third-order valence-corrected chi connectivity index (χ3v) is 2.55. The smallest absolute Gasteiger partial charge is 0.0937 e. The molecule has 0 bridgehead atoms. The van der Waals surface area contributed by atoms with E-state index in [-0.39, 0.29) is 0 Å². The van der Waals surface area contributed by atoms with Crippen molar-refractivity contribution in [3.05, 3.63) is 24.2 Å². The molecule has 1 aromatic rings. The molecule has 0 aromatic carbocycles. The lowest BCUT2D eigenvalue weighted by Gasteiger charge is -2.10. The second-order valence-corrected chi connectivity index (χ2v) is 3.97. The summed E-state index contributed by atoms with van der Waals surface area (Å²) in [5, 5.41) is 0. The van der Waals surface area contributed by atoms with Crippen molar-refractivity contribution >= 4 is 15.9 Å². The monoisotopic (exact) mass is 202 g/mol. The van der Waals surface area contributed by atoms with E-state index in [0.717, 1.165) is 0 Å². The van der Waals surface area contributed by atoms with Crippen molar-refractivity contribution in [2.24, 2.45) is 0 Å². The molecule has 0 saturated carbocycles. The Balaban J connectivity index is 2.68. The van der Waals surface area contributed by atoms with E-state index >= 15 is 0 Å². The molecule has 1 rings (SSSR count). The molecule has 1 nitrogen and oxygen atoms in total. The molecule has 2 heteroatoms. The zero-order valence-corrected chi connectivity index (χ0v) is 7.76. The van der Waals surface area contributed by atoms with E-state index in [1.165, 1.54) is 5.56 Å². The number of hydrogen-bond donors (Lipinski definition) is 0. The van der Waals surface area contributed by atoms with Crippen molar-refractivity contribution in [2.75, 3.05) is 0 Å². The van der Waals surface area contributed by atoms with Gasteiger partial charge in [0.1, 0.15) is 0 Å². The molecule has 1 aromatic heterocycles. The van der Waals surface area contributed by atoms with Crippen LogP contribution in [0.15, 0.2) is 23.0 Å². The van der Waals surface area contributed by atoms with Crippen LogP contribution in [0, 0.1) is 0 Å². The highest BCUT2D eigenvalue weighted by Gasteiger charge is 2.11. The maximum Gasteiger partial charge on any atom is 0.0937 e. The first kappa shape index (κ1) is 7.86. The fourth-order valence-corrected chi connectivity index (χ4v) is 1.10. The molecule has 0 radical (unpaired) electrons. The number of halogens is 1. The van der Waals surface area contributed by atoms with Crippen LogP contribution >= 0.6 is 15.9 Å². The number of hydrogen-bond acceptors (Lipinski definition) is 1. The Morgan fingerprint density at radius 2 is 2.20 bits per heavy atom. The maximum atomic E-state index is 4.96. The minimum atomic E-state index is 0.505. The number of alkyl halides is 1. The fourth-order valence-electron chi connectivity index (χ4n) is 0.799. The molecule has 0 amide bonds. The van der Waals surface area contributed by atoms with Crippen LogP contribution in [0.3, 0.4) is 0 Å². The quantitative estimate of drug-likeness (QED) is 0.673. The molecule has 1 heterocycles. The Morgan fingerprint density at radius 3 is 2.60 bits per heavy atom. The van der Waals surface area contributed by atoms with Gasteiger partial charge in [-0.05, 0) is 17.5 Å². The minimum Gasteiger partial charge on any atom is -0.472 e. The molecular weight excluding hydrogens is 192 g/mol. The van der Waals surface area contributed by atoms with Gasteiger partial charge < -0.3 is 4.42 Å². The predicted octanol–water partition coefficient (Wildman–Crippen LogP) is 3.17. The van der Waals surface area contributed by atoms with Gasteiger partial charge in [0.2, 0.25) is 0 Å². The number of furan rings is 1. The molecular formula is C8H11BrO. The van der Waals surface area contributed by atoms with Crippen LogP contribution < -0.4 is 0 Å². The van der Waals surface area contributed by atoms with E-state index in [2.05, 4.69) is 29.8 Å². The van der Waals surface area contributed by atoms with E-state index in [9.17, 15) is 0 Å². The van der Waals surface area contributed by atoms with E-state index < -0.39 is 0 Å². The lowest BCUT2D eigenvalue weighted by atomic mass is 10.0. The van der Waals surface area contributed by atoms with E-state index in [1.54, 1.807) is 12.5 Å². The van der Waals surface area contributed by atoms with E-state index in [1.807, 2.05) is 6.07 Å². The van der Waals surface area contributed by atoms with Gasteiger partial charge in [0.25, 0.3) is 0 Å². The van der Waals surface area contributed by atoms with Crippen molar-refractivity contribution < 1.29 is 4.42 Å². The van der Waals surface area contributed by atoms with Gasteiger partial charge in [-0.25, -0.2) is 0 Å². The third-order valence-electron chi connectivity index (χ3n) is 1.76. The van der Waals surface area contributed by atoms with Crippen LogP contribution in [-0.2, 0) is 0 Å². The topological polar surface area (TPSA) is 13.1 Å². The summed E-state index contributed by atoms with van der Waals surface area (Å²) in [6, 6.07) is 2.00. The highest BCUT2D eigenvalue weighted by molar-refractivity contribution is 9.09. The van der Waals surface area contributed by atoms with Crippen molar-refractivity contribution in [3.8, 4) is 0 Å². The van der Waals surface area contributed by atoms with Crippen molar-refractivity contribution in [1.29, 1.82) is 0 Å². The molecule has 0 saturated heterocycles. The molecule has 0 aliphatic heterocycles. The van der Waals surface area contributed by atoms with Gasteiger partial charge in [0, 0.05) is 4.83 Å². The first-order valence-electron chi connectivity index (χ1n) is 3.38. The molecule has 2 atom stereocenters. The standard InChI is InChI=1S/C8H11BrO/c1-6(7(2)9)8-3-4-10-5-8/h3-7H,1-2H3. The Bertz CT molecular complexity index is 179. The Labute approximate surface area is 69.6 Å². The van der Waals surface area contributed by atoms with Crippen molar-refractivity contribution in [1.82, 2.24) is 0 Å². The highest BCUT2D eigenvalue weighted by atomic mass is 79.9. The lowest BCUT2D eigenvalue weighted by molar-refractivity contribution is 0.560. The molecule has 0 N–H and O–H groups in total. The van der Waals surface area contributed by atoms with Crippen LogP contribution in [0.5, 0.6) is 0 Å². The zero-order valence-electron chi connectivity index (χ0n) is 6.17. The second-order valence-electron chi connectivity index (χ2n) is 2.52. The second kappa shape index (κ2) is 3.24. The summed E-state index contributed by atoms with van der Waals surface area (Å²) in [4.78, 5) is 0.505. The summed E-state index contributed by atoms with van der Waals surface area (Å²) < 4.78 is 4.96. The first-order chi connectivity index (χ1) is 4.72. The summed E-state index contributed by atoms with van der Waals surface area (Å²) in [6.07, 6.45) is 3.50. The molecule has 0 aliphatic rings. The summed E-state index contributed by atoms with van der Waals surface area (Å²) in [6.45, 7) is 4.31. The summed E-state index contributed by atoms with van der Waals surface area (Å²) in [5.74, 6) is 0.527. The van der Waals surface area contributed by atoms with Crippen LogP contribution in [-0.4, -0.2) is 4.83 Å². The Kier molecular flexibility index (Phi) is 2.55. The molecule has 2 unspecified atom stereocenters. The van der Waals surface area contributed by atoms with E-state index in [4.69, 9.17) is 4.42 Å². The largest absolute Gasteiger partial charge is 0.472 e. The maximum absolute atomic E-state index is 4.96. The third kappa shape index (κ3) is 1.63. The van der Waals surface area contributed by atoms with E-state index in [0.29, 0.717) is 10.7 Å². The fraction of sp³-hybridized carbons (Fsp3) is 0.500. The van der Waals surface area contributed by atoms with Crippen molar-refractivity contribution in [2.45, 2.75) is 24.6 Å². The SMILES string of the molecule is CC(Br)C(C)c1ccoc1. The first-order valence-corrected chi connectivity index (χ1v) is 4.29. The van der Waals surface area contributed by atoms with Gasteiger partial charge in [0.05, 0.1) is 12.5 Å². The molecule has 56 valence electrons. The summed E-state index contributed by atoms with van der Waals surface area (Å²) >= 11 is 3.52. The van der Waals surface area contributed by atoms with Gasteiger partial charge in [-0.2, -0.15) is 0 Å². The van der Waals surface area contributed by atoms with Gasteiger partial charge in [-0.1, -0.05) is 29.8 Å². The summed E-state index contributed by atoms with van der Waals surface area (Å²) in [5.41, 5.74) is 1.25. The Morgan fingerprint density at radius 1 is 1.50 bits per heavy atom. The average molecular weight is 203 g/mol. The zero-order chi connectivity index (χ0) is 7.56. The number of rotatable bonds is 2. The molecule has 0 aliphatic carbocycles. The van der Waals surface area contributed by atoms with Crippen LogP contribution in [0.1, 0.15) is 25.3 Å². The minimum absolute atomic E-state index is 0.505. The van der Waals surface area contributed by atoms with Gasteiger partial charge in [0.15, 0.2) is 0 Å². The molecule has 0 fully saturated rings. The lowest BCUT2D eigenvalue weighted by Crippen LogP contribution is -2.02. The van der Waals surface area contributed by atoms with Crippen molar-refractivity contribution in [3.63, 3.8) is 0 Å². The summed E-state index contributed by atoms with van der Waals surface area (Å²) in [7, 11) is 0. The molecule has 0 spiro atoms. The van der Waals surface area contributed by atoms with Crippen LogP contribution in [0.2, 0.25) is 0 Å². The average Bonchev–Trinajstić information content (AvgIpc) is 2.36. The molecule has 10 heavy (non-hydrogen) atoms. The van der Waals surface area contributed by atoms with Crippen LogP contribution in [0.25, 0.3) is 0 Å². The van der Waals surface area contributed by atoms with Crippen LogP contribution in [0.4, 0.5) is 0 Å². The van der Waals surface area contributed by atoms with Gasteiger partial charge in [-0.3, -0.25) is 0 Å². The normalized spacial score (nSPS) is 16.7. The highest BCUT2D eigenvalue weighted by Crippen LogP contribution is 2.23. The van der Waals surface area contributed by atoms with Gasteiger partial charge >= 0.3 is 0 Å². The predicted molar refractivity (Wildman–Crippen MR) is 45.5 cm³/mol. The van der Waals surface area contributed by atoms with Gasteiger partial charge in [-0.15, -0.1) is 0 Å².